The molecule has 1 saturated heterocycles. The lowest BCUT2D eigenvalue weighted by molar-refractivity contribution is 0.0820. The van der Waals surface area contributed by atoms with Crippen molar-refractivity contribution in [3.63, 3.8) is 0 Å². The Hall–Kier alpha value is -0.570. The van der Waals surface area contributed by atoms with Crippen LogP contribution < -0.4 is 0 Å². The average molecular weight is 270 g/mol. The van der Waals surface area contributed by atoms with Crippen LogP contribution in [0.3, 0.4) is 0 Å². The molecule has 0 saturated carbocycles. The van der Waals surface area contributed by atoms with Gasteiger partial charge in [-0.1, -0.05) is 43.7 Å². The van der Waals surface area contributed by atoms with Gasteiger partial charge in [-0.25, -0.2) is 0 Å². The van der Waals surface area contributed by atoms with Gasteiger partial charge in [-0.3, -0.25) is 0 Å². The predicted molar refractivity (Wildman–Crippen MR) is 78.1 cm³/mol. The fourth-order valence-electron chi connectivity index (χ4n) is 2.63. The number of rotatable bonds is 4. The quantitative estimate of drug-likeness (QED) is 0.907. The normalized spacial score (nSPS) is 19.9. The lowest BCUT2D eigenvalue weighted by Gasteiger charge is -2.31. The second-order valence-electron chi connectivity index (χ2n) is 5.19. The number of benzene rings is 1. The molecule has 1 N–H and O–H groups in total. The number of halogens is 1. The first-order valence-corrected chi connectivity index (χ1v) is 6.73. The van der Waals surface area contributed by atoms with Gasteiger partial charge in [0.1, 0.15) is 0 Å². The van der Waals surface area contributed by atoms with E-state index < -0.39 is 0 Å². The van der Waals surface area contributed by atoms with Crippen LogP contribution in [0.15, 0.2) is 30.3 Å². The Morgan fingerprint density at radius 3 is 2.33 bits per heavy atom. The number of hydrogen-bond donors (Lipinski definition) is 1. The average Bonchev–Trinajstić information content (AvgIpc) is 2.40. The number of hydrogen-bond acceptors (Lipinski definition) is 2. The van der Waals surface area contributed by atoms with Crippen LogP contribution in [0.5, 0.6) is 0 Å². The third kappa shape index (κ3) is 4.27. The molecule has 1 heterocycles. The summed E-state index contributed by atoms with van der Waals surface area (Å²) in [6.45, 7) is 5.56. The summed E-state index contributed by atoms with van der Waals surface area (Å²) in [4.78, 5) is 2.49. The van der Waals surface area contributed by atoms with Crippen molar-refractivity contribution in [3.8, 4) is 0 Å². The minimum Gasteiger partial charge on any atom is -0.388 e. The van der Waals surface area contributed by atoms with E-state index in [4.69, 9.17) is 0 Å². The summed E-state index contributed by atoms with van der Waals surface area (Å²) in [5.41, 5.74) is 1.04. The summed E-state index contributed by atoms with van der Waals surface area (Å²) >= 11 is 0. The van der Waals surface area contributed by atoms with E-state index in [0.29, 0.717) is 5.92 Å². The highest BCUT2D eigenvalue weighted by Gasteiger charge is 2.20. The van der Waals surface area contributed by atoms with Crippen molar-refractivity contribution in [2.45, 2.75) is 32.3 Å². The number of aliphatic hydroxyl groups excluding tert-OH is 1. The molecule has 1 fully saturated rings. The van der Waals surface area contributed by atoms with E-state index in [0.717, 1.165) is 12.1 Å². The van der Waals surface area contributed by atoms with Gasteiger partial charge in [-0.15, -0.1) is 12.4 Å². The minimum absolute atomic E-state index is 0. The van der Waals surface area contributed by atoms with Gasteiger partial charge >= 0.3 is 0 Å². The van der Waals surface area contributed by atoms with Crippen molar-refractivity contribution in [1.29, 1.82) is 0 Å². The van der Waals surface area contributed by atoms with Gasteiger partial charge in [0.15, 0.2) is 0 Å². The SMILES string of the molecule is CC(CN1CCCCC1)C(O)c1ccccc1.Cl. The van der Waals surface area contributed by atoms with E-state index >= 15 is 0 Å². The van der Waals surface area contributed by atoms with E-state index in [-0.39, 0.29) is 18.5 Å². The van der Waals surface area contributed by atoms with Crippen LogP contribution in [0, 0.1) is 5.92 Å². The smallest absolute Gasteiger partial charge is 0.0827 e. The summed E-state index contributed by atoms with van der Waals surface area (Å²) in [6, 6.07) is 10.00. The largest absolute Gasteiger partial charge is 0.388 e. The van der Waals surface area contributed by atoms with Crippen molar-refractivity contribution in [1.82, 2.24) is 4.90 Å². The highest BCUT2D eigenvalue weighted by atomic mass is 35.5. The Labute approximate surface area is 116 Å². The summed E-state index contributed by atoms with van der Waals surface area (Å²) < 4.78 is 0. The summed E-state index contributed by atoms with van der Waals surface area (Å²) in [6.07, 6.45) is 3.66. The predicted octanol–water partition coefficient (Wildman–Crippen LogP) is 3.26. The molecule has 18 heavy (non-hydrogen) atoms. The van der Waals surface area contributed by atoms with E-state index in [1.165, 1.54) is 32.4 Å². The maximum atomic E-state index is 10.3. The Morgan fingerprint density at radius 2 is 1.72 bits per heavy atom. The fourth-order valence-corrected chi connectivity index (χ4v) is 2.63. The van der Waals surface area contributed by atoms with Crippen LogP contribution >= 0.6 is 12.4 Å². The monoisotopic (exact) mass is 269 g/mol. The number of piperidine rings is 1. The first kappa shape index (κ1) is 15.5. The maximum absolute atomic E-state index is 10.3. The molecule has 102 valence electrons. The Kier molecular flexibility index (Phi) is 6.69. The third-order valence-electron chi connectivity index (χ3n) is 3.67. The first-order chi connectivity index (χ1) is 8.27. The van der Waals surface area contributed by atoms with Gasteiger partial charge in [0.2, 0.25) is 0 Å². The molecule has 0 amide bonds. The zero-order chi connectivity index (χ0) is 12.1. The molecule has 0 bridgehead atoms. The standard InChI is InChI=1S/C15H23NO.ClH/c1-13(12-16-10-6-3-7-11-16)15(17)14-8-4-2-5-9-14;/h2,4-5,8-9,13,15,17H,3,6-7,10-12H2,1H3;1H. The number of likely N-dealkylation sites (tertiary alicyclic amines) is 1. The summed E-state index contributed by atoms with van der Waals surface area (Å²) in [7, 11) is 0. The molecule has 2 nitrogen and oxygen atoms in total. The first-order valence-electron chi connectivity index (χ1n) is 6.73. The van der Waals surface area contributed by atoms with Crippen molar-refractivity contribution in [2.24, 2.45) is 5.92 Å². The van der Waals surface area contributed by atoms with E-state index in [1.54, 1.807) is 0 Å². The molecule has 1 aromatic rings. The van der Waals surface area contributed by atoms with E-state index in [2.05, 4.69) is 11.8 Å². The zero-order valence-electron chi connectivity index (χ0n) is 11.1. The van der Waals surface area contributed by atoms with Gasteiger partial charge < -0.3 is 10.0 Å². The van der Waals surface area contributed by atoms with E-state index in [9.17, 15) is 5.11 Å². The molecule has 1 aliphatic heterocycles. The second-order valence-corrected chi connectivity index (χ2v) is 5.19. The number of aliphatic hydroxyl groups is 1. The van der Waals surface area contributed by atoms with Gasteiger partial charge in [-0.2, -0.15) is 0 Å². The molecule has 0 spiro atoms. The van der Waals surface area contributed by atoms with Gasteiger partial charge in [0, 0.05) is 6.54 Å². The summed E-state index contributed by atoms with van der Waals surface area (Å²) in [5.74, 6) is 0.301. The molecule has 0 aliphatic carbocycles. The van der Waals surface area contributed by atoms with Crippen LogP contribution in [0.4, 0.5) is 0 Å². The van der Waals surface area contributed by atoms with Crippen LogP contribution in [0.1, 0.15) is 37.9 Å². The molecule has 3 heteroatoms. The van der Waals surface area contributed by atoms with Gasteiger partial charge in [0.05, 0.1) is 6.10 Å². The van der Waals surface area contributed by atoms with Crippen molar-refractivity contribution in [2.75, 3.05) is 19.6 Å². The fraction of sp³-hybridized carbons (Fsp3) is 0.600. The van der Waals surface area contributed by atoms with Crippen molar-refractivity contribution >= 4 is 12.4 Å². The molecule has 2 unspecified atom stereocenters. The minimum atomic E-state index is -0.335. The molecule has 2 rings (SSSR count). The summed E-state index contributed by atoms with van der Waals surface area (Å²) in [5, 5.41) is 10.3. The topological polar surface area (TPSA) is 23.5 Å². The van der Waals surface area contributed by atoms with Gasteiger partial charge in [0.25, 0.3) is 0 Å². The zero-order valence-corrected chi connectivity index (χ0v) is 11.9. The van der Waals surface area contributed by atoms with Crippen LogP contribution in [0.25, 0.3) is 0 Å². The Morgan fingerprint density at radius 1 is 1.11 bits per heavy atom. The van der Waals surface area contributed by atoms with E-state index in [1.807, 2.05) is 30.3 Å². The Balaban J connectivity index is 0.00000162. The second kappa shape index (κ2) is 7.78. The van der Waals surface area contributed by atoms with Gasteiger partial charge in [-0.05, 0) is 37.4 Å². The van der Waals surface area contributed by atoms with Crippen LogP contribution in [-0.4, -0.2) is 29.6 Å². The lowest BCUT2D eigenvalue weighted by atomic mass is 9.96. The van der Waals surface area contributed by atoms with Crippen LogP contribution in [0.2, 0.25) is 0 Å². The molecule has 1 aromatic carbocycles. The molecule has 0 radical (unpaired) electrons. The molecule has 1 aliphatic rings. The highest BCUT2D eigenvalue weighted by Crippen LogP contribution is 2.23. The maximum Gasteiger partial charge on any atom is 0.0827 e. The molecule has 0 aromatic heterocycles. The Bertz CT molecular complexity index is 325. The highest BCUT2D eigenvalue weighted by molar-refractivity contribution is 5.85. The van der Waals surface area contributed by atoms with Crippen molar-refractivity contribution < 1.29 is 5.11 Å². The number of nitrogens with zero attached hydrogens (tertiary/aromatic N) is 1. The van der Waals surface area contributed by atoms with Crippen molar-refractivity contribution in [3.05, 3.63) is 35.9 Å². The molecular formula is C15H24ClNO. The lowest BCUT2D eigenvalue weighted by Crippen LogP contribution is -2.35. The van der Waals surface area contributed by atoms with Crippen LogP contribution in [-0.2, 0) is 0 Å². The molecule has 2 atom stereocenters. The third-order valence-corrected chi connectivity index (χ3v) is 3.67. The molecular weight excluding hydrogens is 246 g/mol.